The predicted molar refractivity (Wildman–Crippen MR) is 31.5 cm³/mol. The summed E-state index contributed by atoms with van der Waals surface area (Å²) in [4.78, 5) is 0. The molecule has 0 aliphatic heterocycles. The van der Waals surface area contributed by atoms with Crippen molar-refractivity contribution >= 4 is 9.76 Å². The van der Waals surface area contributed by atoms with Crippen molar-refractivity contribution in [2.45, 2.75) is 0 Å². The Morgan fingerprint density at radius 1 is 1.75 bits per heavy atom. The van der Waals surface area contributed by atoms with E-state index in [1.54, 1.807) is 7.11 Å². The standard InChI is InChI=1S/C2H7OSi.C2H3.Co.O/c1-3-4-2;1-2;;/h2,4H2,1H3;1H,2H2;;/q2*-1;;. The van der Waals surface area contributed by atoms with Crippen molar-refractivity contribution in [2.24, 2.45) is 0 Å². The van der Waals surface area contributed by atoms with Gasteiger partial charge in [0.2, 0.25) is 0 Å². The zero-order chi connectivity index (χ0) is 7.41. The van der Waals surface area contributed by atoms with E-state index in [1.165, 1.54) is 0 Å². The molecule has 0 saturated heterocycles. The molecule has 0 amide bonds. The van der Waals surface area contributed by atoms with Crippen LogP contribution in [0, 0.1) is 13.1 Å². The van der Waals surface area contributed by atoms with Crippen LogP contribution >= 0.6 is 0 Å². The van der Waals surface area contributed by atoms with Gasteiger partial charge < -0.3 is 17.6 Å². The summed E-state index contributed by atoms with van der Waals surface area (Å²) >= 11 is 2.31. The summed E-state index contributed by atoms with van der Waals surface area (Å²) in [6.45, 7) is 10.5. The molecule has 0 rings (SSSR count). The van der Waals surface area contributed by atoms with E-state index in [9.17, 15) is 0 Å². The number of rotatable bonds is 1. The molecule has 0 radical (unpaired) electrons. The van der Waals surface area contributed by atoms with Gasteiger partial charge in [-0.3, -0.25) is 6.58 Å². The summed E-state index contributed by atoms with van der Waals surface area (Å²) in [6, 6.07) is 0. The fraction of sp³-hybridized carbons (Fsp3) is 0.250. The van der Waals surface area contributed by atoms with Crippen LogP contribution in [0.1, 0.15) is 0 Å². The third-order valence-electron chi connectivity index (χ3n) is 0.204. The van der Waals surface area contributed by atoms with E-state index in [2.05, 4.69) is 39.8 Å². The van der Waals surface area contributed by atoms with E-state index in [-0.39, 0.29) is 9.76 Å². The molecule has 0 aliphatic carbocycles. The first-order valence-electron chi connectivity index (χ1n) is 1.74. The summed E-state index contributed by atoms with van der Waals surface area (Å²) < 4.78 is 12.5. The Labute approximate surface area is 61.0 Å². The molecule has 0 bridgehead atoms. The van der Waals surface area contributed by atoms with Crippen LogP contribution in [0.2, 0.25) is 0 Å². The van der Waals surface area contributed by atoms with Crippen LogP contribution in [0.25, 0.3) is 0 Å². The van der Waals surface area contributed by atoms with E-state index in [0.29, 0.717) is 0 Å². The minimum absolute atomic E-state index is 0.326. The molecule has 0 spiro atoms. The Morgan fingerprint density at radius 3 is 1.88 bits per heavy atom. The summed E-state index contributed by atoms with van der Waals surface area (Å²) in [5, 5.41) is 0. The molecule has 0 aromatic heterocycles. The molecule has 4 heteroatoms. The second-order valence-electron chi connectivity index (χ2n) is 0.493. The molecular weight excluding hydrogens is 167 g/mol. The second kappa shape index (κ2) is 56.6. The van der Waals surface area contributed by atoms with Crippen LogP contribution in [-0.4, -0.2) is 16.9 Å². The molecule has 0 atom stereocenters. The summed E-state index contributed by atoms with van der Waals surface area (Å²) in [5.74, 6) is 0. The van der Waals surface area contributed by atoms with Crippen LogP contribution in [-0.2, 0) is 24.0 Å². The SMILES string of the molecule is [CH-]=C.[CH2-][SiH2]OC.[O]=[Co]. The Bertz CT molecular complexity index is 26.0. The van der Waals surface area contributed by atoms with E-state index >= 15 is 0 Å². The molecule has 53 valence electrons. The van der Waals surface area contributed by atoms with Gasteiger partial charge in [-0.05, 0) is 0 Å². The quantitative estimate of drug-likeness (QED) is 0.416. The first kappa shape index (κ1) is 15.7. The molecule has 0 saturated carbocycles. The van der Waals surface area contributed by atoms with Crippen molar-refractivity contribution in [1.29, 1.82) is 0 Å². The van der Waals surface area contributed by atoms with E-state index in [0.717, 1.165) is 0 Å². The Balaban J connectivity index is -0.0000000542. The van der Waals surface area contributed by atoms with E-state index in [1.807, 2.05) is 0 Å². The Morgan fingerprint density at radius 2 is 1.88 bits per heavy atom. The van der Waals surface area contributed by atoms with E-state index in [4.69, 9.17) is 3.87 Å². The molecular formula is C4H10CoO2Si-2. The zero-order valence-corrected chi connectivity index (χ0v) is 7.30. The van der Waals surface area contributed by atoms with Crippen LogP contribution in [0.3, 0.4) is 0 Å². The fourth-order valence-corrected chi connectivity index (χ4v) is 0. The van der Waals surface area contributed by atoms with Gasteiger partial charge in [-0.1, -0.05) is 0 Å². The van der Waals surface area contributed by atoms with Gasteiger partial charge in [-0.2, -0.15) is 0 Å². The maximum atomic E-state index is 7.94. The Kier molecular flexibility index (Phi) is 111. The van der Waals surface area contributed by atoms with Crippen molar-refractivity contribution in [3.8, 4) is 0 Å². The van der Waals surface area contributed by atoms with E-state index < -0.39 is 0 Å². The van der Waals surface area contributed by atoms with Crippen molar-refractivity contribution in [3.63, 3.8) is 0 Å². The molecule has 0 fully saturated rings. The third-order valence-corrected chi connectivity index (χ3v) is 0.612. The summed E-state index contributed by atoms with van der Waals surface area (Å²) in [6.07, 6.45) is 0. The topological polar surface area (TPSA) is 26.3 Å². The molecule has 0 N–H and O–H groups in total. The third kappa shape index (κ3) is 113. The molecule has 0 aromatic carbocycles. The van der Waals surface area contributed by atoms with Gasteiger partial charge in [0, 0.05) is 16.9 Å². The summed E-state index contributed by atoms with van der Waals surface area (Å²) in [7, 11) is 1.35. The molecule has 2 nitrogen and oxygen atoms in total. The van der Waals surface area contributed by atoms with Gasteiger partial charge in [0.05, 0.1) is 0 Å². The molecule has 0 aliphatic rings. The van der Waals surface area contributed by atoms with Gasteiger partial charge in [-0.25, -0.2) is 0 Å². The predicted octanol–water partition coefficient (Wildman–Crippen LogP) is -0.00772. The van der Waals surface area contributed by atoms with Gasteiger partial charge in [-0.15, -0.1) is 0 Å². The average molecular weight is 177 g/mol. The fourth-order valence-electron chi connectivity index (χ4n) is 0. The van der Waals surface area contributed by atoms with Gasteiger partial charge in [0.25, 0.3) is 0 Å². The maximum absolute atomic E-state index is 7.94. The van der Waals surface area contributed by atoms with Crippen LogP contribution in [0.15, 0.2) is 6.58 Å². The van der Waals surface area contributed by atoms with Crippen LogP contribution in [0.5, 0.6) is 0 Å². The summed E-state index contributed by atoms with van der Waals surface area (Å²) in [5.41, 5.74) is 0. The average Bonchev–Trinajstić information content (AvgIpc) is 1.96. The van der Waals surface area contributed by atoms with Crippen LogP contribution in [0.4, 0.5) is 0 Å². The first-order chi connectivity index (χ1) is 3.91. The van der Waals surface area contributed by atoms with Gasteiger partial charge in [0.1, 0.15) is 0 Å². The van der Waals surface area contributed by atoms with Crippen molar-refractivity contribution < 1.29 is 24.0 Å². The van der Waals surface area contributed by atoms with Crippen LogP contribution < -0.4 is 0 Å². The minimum atomic E-state index is -0.326. The number of hydrogen-bond donors (Lipinski definition) is 0. The number of hydrogen-bond acceptors (Lipinski definition) is 2. The Hall–Kier alpha value is 0.223. The molecule has 0 unspecified atom stereocenters. The normalized spacial score (nSPS) is 6.38. The monoisotopic (exact) mass is 177 g/mol. The molecule has 0 aromatic rings. The zero-order valence-electron chi connectivity index (χ0n) is 4.85. The van der Waals surface area contributed by atoms with Crippen molar-refractivity contribution in [3.05, 3.63) is 19.7 Å². The second-order valence-corrected chi connectivity index (χ2v) is 1.48. The van der Waals surface area contributed by atoms with Gasteiger partial charge in [0.15, 0.2) is 0 Å². The molecule has 8 heavy (non-hydrogen) atoms. The first-order valence-corrected chi connectivity index (χ1v) is 3.74. The molecule has 0 heterocycles. The van der Waals surface area contributed by atoms with Gasteiger partial charge >= 0.3 is 19.5 Å². The van der Waals surface area contributed by atoms with Crippen molar-refractivity contribution in [2.75, 3.05) is 7.11 Å². The van der Waals surface area contributed by atoms with Crippen molar-refractivity contribution in [1.82, 2.24) is 0 Å².